The second kappa shape index (κ2) is 2.86. The molecule has 0 aromatic rings. The van der Waals surface area contributed by atoms with E-state index in [1.807, 2.05) is 20.8 Å². The minimum atomic E-state index is -0.305. The Morgan fingerprint density at radius 3 is 1.90 bits per heavy atom. The molecule has 0 aromatic carbocycles. The molecule has 0 aromatic heterocycles. The van der Waals surface area contributed by atoms with Gasteiger partial charge in [0.25, 0.3) is 0 Å². The van der Waals surface area contributed by atoms with Crippen LogP contribution in [-0.2, 0) is 4.79 Å². The largest absolute Gasteiger partial charge is 0.402 e. The highest BCUT2D eigenvalue weighted by molar-refractivity contribution is 5.94. The van der Waals surface area contributed by atoms with Crippen LogP contribution in [0.4, 0.5) is 0 Å². The van der Waals surface area contributed by atoms with Crippen LogP contribution < -0.4 is 5.73 Å². The van der Waals surface area contributed by atoms with Gasteiger partial charge in [-0.15, -0.1) is 0 Å². The van der Waals surface area contributed by atoms with Crippen molar-refractivity contribution in [2.24, 2.45) is 11.1 Å². The van der Waals surface area contributed by atoms with E-state index in [9.17, 15) is 4.79 Å². The first kappa shape index (κ1) is 9.21. The highest BCUT2D eigenvalue weighted by atomic mass is 16.1. The summed E-state index contributed by atoms with van der Waals surface area (Å²) in [4.78, 5) is 11.1. The van der Waals surface area contributed by atoms with Crippen molar-refractivity contribution in [3.63, 3.8) is 0 Å². The predicted octanol–water partition coefficient (Wildman–Crippen LogP) is 1.46. The van der Waals surface area contributed by atoms with E-state index in [2.05, 4.69) is 0 Å². The molecule has 2 N–H and O–H groups in total. The zero-order valence-corrected chi connectivity index (χ0v) is 7.06. The molecule has 0 heterocycles. The van der Waals surface area contributed by atoms with Crippen LogP contribution in [0, 0.1) is 5.41 Å². The molecule has 0 aliphatic rings. The van der Waals surface area contributed by atoms with Gasteiger partial charge in [0, 0.05) is 17.2 Å². The summed E-state index contributed by atoms with van der Waals surface area (Å²) in [5, 5.41) is 0. The monoisotopic (exact) mass is 141 g/mol. The molecule has 0 aliphatic heterocycles. The summed E-state index contributed by atoms with van der Waals surface area (Å²) in [6, 6.07) is 0. The topological polar surface area (TPSA) is 43.1 Å². The second-order valence-electron chi connectivity index (χ2n) is 3.50. The Morgan fingerprint density at radius 2 is 1.80 bits per heavy atom. The second-order valence-corrected chi connectivity index (χ2v) is 3.50. The van der Waals surface area contributed by atoms with Crippen molar-refractivity contribution in [1.29, 1.82) is 0 Å². The van der Waals surface area contributed by atoms with Crippen molar-refractivity contribution in [2.45, 2.75) is 27.7 Å². The first-order valence-electron chi connectivity index (χ1n) is 3.32. The van der Waals surface area contributed by atoms with Crippen molar-refractivity contribution in [1.82, 2.24) is 0 Å². The minimum Gasteiger partial charge on any atom is -0.402 e. The molecule has 0 rings (SSSR count). The van der Waals surface area contributed by atoms with E-state index in [-0.39, 0.29) is 11.2 Å². The maximum atomic E-state index is 11.1. The standard InChI is InChI=1S/C8H15NO/c1-6(9)5-7(10)8(2,3)4/h5H,9H2,1-4H3/b6-5-. The molecule has 0 amide bonds. The highest BCUT2D eigenvalue weighted by Gasteiger charge is 2.18. The molecule has 2 heteroatoms. The molecule has 10 heavy (non-hydrogen) atoms. The lowest BCUT2D eigenvalue weighted by atomic mass is 9.90. The van der Waals surface area contributed by atoms with Crippen molar-refractivity contribution >= 4 is 5.78 Å². The van der Waals surface area contributed by atoms with Gasteiger partial charge < -0.3 is 5.73 Å². The molecule has 0 spiro atoms. The Kier molecular flexibility index (Phi) is 2.64. The lowest BCUT2D eigenvalue weighted by Gasteiger charge is -2.13. The summed E-state index contributed by atoms with van der Waals surface area (Å²) in [6.07, 6.45) is 1.47. The third kappa shape index (κ3) is 3.28. The molecule has 0 atom stereocenters. The summed E-state index contributed by atoms with van der Waals surface area (Å²) in [5.74, 6) is 0.0764. The molecule has 0 saturated heterocycles. The molecular weight excluding hydrogens is 126 g/mol. The Balaban J connectivity index is 4.27. The van der Waals surface area contributed by atoms with Crippen LogP contribution in [0.5, 0.6) is 0 Å². The number of rotatable bonds is 1. The van der Waals surface area contributed by atoms with Gasteiger partial charge in [-0.2, -0.15) is 0 Å². The Labute approximate surface area is 62.1 Å². The van der Waals surface area contributed by atoms with E-state index in [0.717, 1.165) is 0 Å². The van der Waals surface area contributed by atoms with Gasteiger partial charge in [0.2, 0.25) is 0 Å². The van der Waals surface area contributed by atoms with Gasteiger partial charge in [-0.25, -0.2) is 0 Å². The van der Waals surface area contributed by atoms with E-state index in [4.69, 9.17) is 5.73 Å². The molecule has 0 unspecified atom stereocenters. The lowest BCUT2D eigenvalue weighted by Crippen LogP contribution is -2.18. The fourth-order valence-corrected chi connectivity index (χ4v) is 0.423. The summed E-state index contributed by atoms with van der Waals surface area (Å²) >= 11 is 0. The van der Waals surface area contributed by atoms with Gasteiger partial charge in [0.1, 0.15) is 0 Å². The van der Waals surface area contributed by atoms with Crippen LogP contribution in [0.25, 0.3) is 0 Å². The summed E-state index contributed by atoms with van der Waals surface area (Å²) in [6.45, 7) is 7.32. The molecule has 0 radical (unpaired) electrons. The molecule has 0 bridgehead atoms. The zero-order valence-electron chi connectivity index (χ0n) is 7.06. The molecule has 0 saturated carbocycles. The first-order chi connectivity index (χ1) is 4.34. The van der Waals surface area contributed by atoms with Gasteiger partial charge in [-0.3, -0.25) is 4.79 Å². The van der Waals surface area contributed by atoms with E-state index >= 15 is 0 Å². The third-order valence-electron chi connectivity index (χ3n) is 1.10. The summed E-state index contributed by atoms with van der Waals surface area (Å²) < 4.78 is 0. The lowest BCUT2D eigenvalue weighted by molar-refractivity contribution is -0.121. The van der Waals surface area contributed by atoms with E-state index < -0.39 is 0 Å². The van der Waals surface area contributed by atoms with Crippen LogP contribution in [-0.4, -0.2) is 5.78 Å². The molecular formula is C8H15NO. The maximum Gasteiger partial charge on any atom is 0.162 e. The first-order valence-corrected chi connectivity index (χ1v) is 3.32. The molecule has 2 nitrogen and oxygen atoms in total. The smallest absolute Gasteiger partial charge is 0.162 e. The summed E-state index contributed by atoms with van der Waals surface area (Å²) in [7, 11) is 0. The van der Waals surface area contributed by atoms with Gasteiger partial charge in [-0.1, -0.05) is 20.8 Å². The van der Waals surface area contributed by atoms with Crippen LogP contribution in [0.3, 0.4) is 0 Å². The number of carbonyl (C=O) groups excluding carboxylic acids is 1. The fourth-order valence-electron chi connectivity index (χ4n) is 0.423. The summed E-state index contributed by atoms with van der Waals surface area (Å²) in [5.41, 5.74) is 5.59. The quantitative estimate of drug-likeness (QED) is 0.562. The number of hydrogen-bond donors (Lipinski definition) is 1. The Bertz CT molecular complexity index is 159. The van der Waals surface area contributed by atoms with Crippen LogP contribution >= 0.6 is 0 Å². The van der Waals surface area contributed by atoms with E-state index in [1.165, 1.54) is 6.08 Å². The number of nitrogens with two attached hydrogens (primary N) is 1. The van der Waals surface area contributed by atoms with E-state index in [1.54, 1.807) is 6.92 Å². The van der Waals surface area contributed by atoms with Gasteiger partial charge in [0.15, 0.2) is 5.78 Å². The van der Waals surface area contributed by atoms with E-state index in [0.29, 0.717) is 5.70 Å². The van der Waals surface area contributed by atoms with Crippen molar-refractivity contribution < 1.29 is 4.79 Å². The predicted molar refractivity (Wildman–Crippen MR) is 42.4 cm³/mol. The number of hydrogen-bond acceptors (Lipinski definition) is 2. The molecule has 58 valence electrons. The Hall–Kier alpha value is -0.790. The average molecular weight is 141 g/mol. The van der Waals surface area contributed by atoms with Crippen LogP contribution in [0.1, 0.15) is 27.7 Å². The maximum absolute atomic E-state index is 11.1. The van der Waals surface area contributed by atoms with Gasteiger partial charge in [0.05, 0.1) is 0 Å². The average Bonchev–Trinajstić information content (AvgIpc) is 1.60. The van der Waals surface area contributed by atoms with Crippen LogP contribution in [0.2, 0.25) is 0 Å². The number of allylic oxidation sites excluding steroid dienone is 2. The zero-order chi connectivity index (χ0) is 8.36. The fraction of sp³-hybridized carbons (Fsp3) is 0.625. The van der Waals surface area contributed by atoms with Crippen molar-refractivity contribution in [3.05, 3.63) is 11.8 Å². The number of carbonyl (C=O) groups is 1. The van der Waals surface area contributed by atoms with Crippen LogP contribution in [0.15, 0.2) is 11.8 Å². The SMILES string of the molecule is C/C(N)=C/C(=O)C(C)(C)C. The number of ketones is 1. The highest BCUT2D eigenvalue weighted by Crippen LogP contribution is 2.15. The van der Waals surface area contributed by atoms with Crippen molar-refractivity contribution in [3.8, 4) is 0 Å². The Morgan fingerprint density at radius 1 is 1.40 bits per heavy atom. The minimum absolute atomic E-state index is 0.0764. The molecule has 0 fully saturated rings. The molecule has 0 aliphatic carbocycles. The normalized spacial score (nSPS) is 13.4. The van der Waals surface area contributed by atoms with Crippen molar-refractivity contribution in [2.75, 3.05) is 0 Å². The third-order valence-corrected chi connectivity index (χ3v) is 1.10. The van der Waals surface area contributed by atoms with Gasteiger partial charge in [-0.05, 0) is 6.92 Å². The van der Waals surface area contributed by atoms with Gasteiger partial charge >= 0.3 is 0 Å².